The fourth-order valence-corrected chi connectivity index (χ4v) is 3.42. The molecule has 24 heavy (non-hydrogen) atoms. The standard InChI is InChI=1S/C18H29N3O3/c1-11(2)9-21-14(5)16(13(4)19-21)8-17(22)20-10-15(18(23)24)7-6-12(20)3/h11-12,15H,6-10H2,1-5H3,(H,23,24). The number of rotatable bonds is 5. The molecule has 1 aromatic rings. The summed E-state index contributed by atoms with van der Waals surface area (Å²) in [5.74, 6) is -0.762. The second-order valence-electron chi connectivity index (χ2n) is 7.41. The summed E-state index contributed by atoms with van der Waals surface area (Å²) in [4.78, 5) is 25.8. The molecule has 1 amide bonds. The predicted molar refractivity (Wildman–Crippen MR) is 91.8 cm³/mol. The van der Waals surface area contributed by atoms with Gasteiger partial charge in [-0.25, -0.2) is 0 Å². The maximum atomic E-state index is 12.8. The number of carboxylic acids is 1. The summed E-state index contributed by atoms with van der Waals surface area (Å²) in [6.45, 7) is 11.4. The summed E-state index contributed by atoms with van der Waals surface area (Å²) < 4.78 is 1.97. The lowest BCUT2D eigenvalue weighted by Gasteiger charge is -2.36. The zero-order valence-electron chi connectivity index (χ0n) is 15.4. The van der Waals surface area contributed by atoms with Gasteiger partial charge in [0.15, 0.2) is 0 Å². The van der Waals surface area contributed by atoms with Crippen LogP contribution in [0.15, 0.2) is 0 Å². The molecule has 2 rings (SSSR count). The lowest BCUT2D eigenvalue weighted by molar-refractivity contribution is -0.147. The molecule has 0 radical (unpaired) electrons. The van der Waals surface area contributed by atoms with E-state index in [-0.39, 0.29) is 11.9 Å². The topological polar surface area (TPSA) is 75.4 Å². The van der Waals surface area contributed by atoms with Crippen LogP contribution in [0, 0.1) is 25.7 Å². The number of nitrogens with zero attached hydrogens (tertiary/aromatic N) is 3. The first-order chi connectivity index (χ1) is 11.2. The minimum absolute atomic E-state index is 0.00347. The average Bonchev–Trinajstić information content (AvgIpc) is 2.74. The molecule has 2 unspecified atom stereocenters. The fraction of sp³-hybridized carbons (Fsp3) is 0.722. The van der Waals surface area contributed by atoms with Crippen molar-refractivity contribution >= 4 is 11.9 Å². The van der Waals surface area contributed by atoms with Crippen molar-refractivity contribution in [1.29, 1.82) is 0 Å². The second-order valence-corrected chi connectivity index (χ2v) is 7.41. The molecule has 0 bridgehead atoms. The number of hydrogen-bond acceptors (Lipinski definition) is 3. The van der Waals surface area contributed by atoms with Crippen LogP contribution in [0.4, 0.5) is 0 Å². The Labute approximate surface area is 143 Å². The molecule has 1 aromatic heterocycles. The number of carbonyl (C=O) groups excluding carboxylic acids is 1. The summed E-state index contributed by atoms with van der Waals surface area (Å²) in [7, 11) is 0. The van der Waals surface area contributed by atoms with E-state index in [9.17, 15) is 14.7 Å². The van der Waals surface area contributed by atoms with E-state index in [2.05, 4.69) is 18.9 Å². The van der Waals surface area contributed by atoms with E-state index in [4.69, 9.17) is 0 Å². The Morgan fingerprint density at radius 1 is 1.29 bits per heavy atom. The highest BCUT2D eigenvalue weighted by Crippen LogP contribution is 2.24. The van der Waals surface area contributed by atoms with Gasteiger partial charge in [-0.15, -0.1) is 0 Å². The van der Waals surface area contributed by atoms with Crippen molar-refractivity contribution in [2.45, 2.75) is 66.5 Å². The Balaban J connectivity index is 2.14. The van der Waals surface area contributed by atoms with Crippen LogP contribution in [-0.4, -0.2) is 44.3 Å². The molecule has 134 valence electrons. The van der Waals surface area contributed by atoms with Gasteiger partial charge in [0.05, 0.1) is 18.0 Å². The third-order valence-corrected chi connectivity index (χ3v) is 4.95. The molecule has 1 fully saturated rings. The number of piperidine rings is 1. The maximum absolute atomic E-state index is 12.8. The van der Waals surface area contributed by atoms with E-state index in [1.54, 1.807) is 4.90 Å². The minimum atomic E-state index is -0.809. The summed E-state index contributed by atoms with van der Waals surface area (Å²) in [6.07, 6.45) is 1.68. The monoisotopic (exact) mass is 335 g/mol. The molecule has 0 aliphatic carbocycles. The summed E-state index contributed by atoms with van der Waals surface area (Å²) >= 11 is 0. The van der Waals surface area contributed by atoms with Crippen LogP contribution in [0.3, 0.4) is 0 Å². The van der Waals surface area contributed by atoms with Crippen LogP contribution < -0.4 is 0 Å². The maximum Gasteiger partial charge on any atom is 0.308 e. The third-order valence-electron chi connectivity index (χ3n) is 4.95. The smallest absolute Gasteiger partial charge is 0.308 e. The van der Waals surface area contributed by atoms with Crippen LogP contribution >= 0.6 is 0 Å². The lowest BCUT2D eigenvalue weighted by atomic mass is 9.93. The van der Waals surface area contributed by atoms with E-state index in [1.807, 2.05) is 25.5 Å². The molecule has 1 aliphatic heterocycles. The first-order valence-corrected chi connectivity index (χ1v) is 8.75. The molecule has 1 aliphatic rings. The molecular formula is C18H29N3O3. The molecular weight excluding hydrogens is 306 g/mol. The predicted octanol–water partition coefficient (Wildman–Crippen LogP) is 2.41. The van der Waals surface area contributed by atoms with Gasteiger partial charge in [-0.3, -0.25) is 14.3 Å². The molecule has 2 heterocycles. The van der Waals surface area contributed by atoms with Gasteiger partial charge in [0, 0.05) is 30.4 Å². The van der Waals surface area contributed by atoms with Crippen molar-refractivity contribution in [3.8, 4) is 0 Å². The first-order valence-electron chi connectivity index (χ1n) is 8.75. The molecule has 1 saturated heterocycles. The molecule has 6 heteroatoms. The van der Waals surface area contributed by atoms with Gasteiger partial charge in [0.25, 0.3) is 0 Å². The zero-order valence-corrected chi connectivity index (χ0v) is 15.4. The summed E-state index contributed by atoms with van der Waals surface area (Å²) in [5.41, 5.74) is 2.90. The number of carboxylic acid groups (broad SMARTS) is 1. The van der Waals surface area contributed by atoms with Crippen LogP contribution in [0.25, 0.3) is 0 Å². The van der Waals surface area contributed by atoms with Crippen LogP contribution in [0.5, 0.6) is 0 Å². The molecule has 0 aromatic carbocycles. The highest BCUT2D eigenvalue weighted by molar-refractivity contribution is 5.81. The number of aromatic nitrogens is 2. The van der Waals surface area contributed by atoms with Crippen molar-refractivity contribution in [3.05, 3.63) is 17.0 Å². The Morgan fingerprint density at radius 3 is 2.54 bits per heavy atom. The third kappa shape index (κ3) is 3.97. The van der Waals surface area contributed by atoms with Crippen molar-refractivity contribution in [3.63, 3.8) is 0 Å². The largest absolute Gasteiger partial charge is 0.481 e. The van der Waals surface area contributed by atoms with Crippen molar-refractivity contribution in [2.75, 3.05) is 6.54 Å². The van der Waals surface area contributed by atoms with Crippen molar-refractivity contribution in [1.82, 2.24) is 14.7 Å². The molecule has 0 saturated carbocycles. The normalized spacial score (nSPS) is 21.3. The van der Waals surface area contributed by atoms with Gasteiger partial charge in [-0.05, 0) is 39.5 Å². The number of aliphatic carboxylic acids is 1. The molecule has 0 spiro atoms. The van der Waals surface area contributed by atoms with Crippen LogP contribution in [0.2, 0.25) is 0 Å². The highest BCUT2D eigenvalue weighted by Gasteiger charge is 2.33. The van der Waals surface area contributed by atoms with E-state index < -0.39 is 11.9 Å². The second kappa shape index (κ2) is 7.36. The summed E-state index contributed by atoms with van der Waals surface area (Å²) in [5, 5.41) is 13.8. The van der Waals surface area contributed by atoms with E-state index in [0.717, 1.165) is 29.9 Å². The number of likely N-dealkylation sites (tertiary alicyclic amines) is 1. The fourth-order valence-electron chi connectivity index (χ4n) is 3.42. The number of hydrogen-bond donors (Lipinski definition) is 1. The summed E-state index contributed by atoms with van der Waals surface area (Å²) in [6, 6.07) is 0.0967. The van der Waals surface area contributed by atoms with E-state index >= 15 is 0 Å². The Hall–Kier alpha value is -1.85. The van der Waals surface area contributed by atoms with Crippen molar-refractivity contribution in [2.24, 2.45) is 11.8 Å². The molecule has 1 N–H and O–H groups in total. The number of aryl methyl sites for hydroxylation is 1. The minimum Gasteiger partial charge on any atom is -0.481 e. The van der Waals surface area contributed by atoms with Crippen LogP contribution in [-0.2, 0) is 22.6 Å². The average molecular weight is 335 g/mol. The number of carbonyl (C=O) groups is 2. The van der Waals surface area contributed by atoms with Gasteiger partial charge >= 0.3 is 5.97 Å². The number of amides is 1. The van der Waals surface area contributed by atoms with E-state index in [1.165, 1.54) is 0 Å². The van der Waals surface area contributed by atoms with Gasteiger partial charge in [0.2, 0.25) is 5.91 Å². The molecule has 6 nitrogen and oxygen atoms in total. The van der Waals surface area contributed by atoms with Crippen molar-refractivity contribution < 1.29 is 14.7 Å². The van der Waals surface area contributed by atoms with Gasteiger partial charge in [-0.1, -0.05) is 13.8 Å². The lowest BCUT2D eigenvalue weighted by Crippen LogP contribution is -2.48. The van der Waals surface area contributed by atoms with Gasteiger partial charge < -0.3 is 10.0 Å². The Morgan fingerprint density at radius 2 is 1.96 bits per heavy atom. The first kappa shape index (κ1) is 18.5. The van der Waals surface area contributed by atoms with Gasteiger partial charge in [-0.2, -0.15) is 5.10 Å². The van der Waals surface area contributed by atoms with Crippen LogP contribution in [0.1, 0.15) is 50.6 Å². The quantitative estimate of drug-likeness (QED) is 0.896. The Kier molecular flexibility index (Phi) is 5.67. The Bertz CT molecular complexity index is 621. The van der Waals surface area contributed by atoms with E-state index in [0.29, 0.717) is 25.3 Å². The highest BCUT2D eigenvalue weighted by atomic mass is 16.4. The van der Waals surface area contributed by atoms with Gasteiger partial charge in [0.1, 0.15) is 0 Å². The molecule has 2 atom stereocenters. The SMILES string of the molecule is Cc1nn(CC(C)C)c(C)c1CC(=O)N1CC(C(=O)O)CCC1C. The zero-order chi connectivity index (χ0) is 18.0.